The van der Waals surface area contributed by atoms with Crippen LogP contribution in [-0.2, 0) is 4.79 Å². The first kappa shape index (κ1) is 22.2. The number of carbonyl (C=O) groups is 1. The molecule has 1 fully saturated rings. The van der Waals surface area contributed by atoms with E-state index in [1.807, 2.05) is 32.0 Å². The van der Waals surface area contributed by atoms with E-state index in [4.69, 9.17) is 4.74 Å². The van der Waals surface area contributed by atoms with Crippen LogP contribution in [0, 0.1) is 0 Å². The highest BCUT2D eigenvalue weighted by molar-refractivity contribution is 5.81. The van der Waals surface area contributed by atoms with Gasteiger partial charge >= 0.3 is 0 Å². The number of piperazine rings is 1. The number of anilines is 1. The topological polar surface area (TPSA) is 44.8 Å². The fourth-order valence-corrected chi connectivity index (χ4v) is 4.11. The molecule has 0 radical (unpaired) electrons. The molecule has 5 nitrogen and oxygen atoms in total. The van der Waals surface area contributed by atoms with E-state index in [0.29, 0.717) is 19.1 Å². The molecule has 3 rings (SSSR count). The molecule has 2 aromatic carbocycles. The Morgan fingerprint density at radius 2 is 1.67 bits per heavy atom. The molecular formula is C25H35N3O2. The molecule has 0 aliphatic carbocycles. The fraction of sp³-hybridized carbons (Fsp3) is 0.480. The van der Waals surface area contributed by atoms with Gasteiger partial charge in [-0.05, 0) is 38.0 Å². The Labute approximate surface area is 181 Å². The van der Waals surface area contributed by atoms with E-state index >= 15 is 0 Å². The lowest BCUT2D eigenvalue weighted by atomic mass is 9.96. The molecule has 1 saturated heterocycles. The van der Waals surface area contributed by atoms with Crippen molar-refractivity contribution in [2.24, 2.45) is 0 Å². The molecule has 30 heavy (non-hydrogen) atoms. The van der Waals surface area contributed by atoms with Gasteiger partial charge in [0.25, 0.3) is 0 Å². The molecule has 0 bridgehead atoms. The molecule has 0 aromatic heterocycles. The van der Waals surface area contributed by atoms with E-state index in [-0.39, 0.29) is 11.9 Å². The summed E-state index contributed by atoms with van der Waals surface area (Å²) in [6.07, 6.45) is 1.01. The Hall–Kier alpha value is -2.53. The molecule has 0 saturated carbocycles. The van der Waals surface area contributed by atoms with Crippen molar-refractivity contribution in [2.75, 3.05) is 44.2 Å². The molecule has 162 valence electrons. The molecule has 1 N–H and O–H groups in total. The zero-order chi connectivity index (χ0) is 21.3. The first-order chi connectivity index (χ1) is 14.6. The number of nitrogens with one attached hydrogen (secondary N) is 1. The Morgan fingerprint density at radius 3 is 2.33 bits per heavy atom. The Bertz CT molecular complexity index is 788. The summed E-state index contributed by atoms with van der Waals surface area (Å²) in [4.78, 5) is 17.4. The highest BCUT2D eigenvalue weighted by Gasteiger charge is 2.27. The summed E-state index contributed by atoms with van der Waals surface area (Å²) in [5.41, 5.74) is 2.43. The van der Waals surface area contributed by atoms with E-state index in [1.54, 1.807) is 0 Å². The summed E-state index contributed by atoms with van der Waals surface area (Å²) in [5, 5.41) is 3.18. The quantitative estimate of drug-likeness (QED) is 0.682. The van der Waals surface area contributed by atoms with Crippen molar-refractivity contribution >= 4 is 11.6 Å². The van der Waals surface area contributed by atoms with Gasteiger partial charge < -0.3 is 15.0 Å². The van der Waals surface area contributed by atoms with Crippen LogP contribution < -0.4 is 15.0 Å². The first-order valence-electron chi connectivity index (χ1n) is 11.2. The standard InChI is InChI=1S/C25H35N3O2/c1-4-21(22-11-7-6-8-12-22)19-26-25(29)20(3)27-15-17-28(18-16-27)23-13-9-10-14-24(23)30-5-2/h6-14,20-21H,4-5,15-19H2,1-3H3,(H,26,29)/t20-,21+/m0/s1. The second-order valence-electron chi connectivity index (χ2n) is 7.86. The summed E-state index contributed by atoms with van der Waals surface area (Å²) in [6.45, 7) is 11.1. The predicted molar refractivity (Wildman–Crippen MR) is 123 cm³/mol. The highest BCUT2D eigenvalue weighted by Crippen LogP contribution is 2.29. The first-order valence-corrected chi connectivity index (χ1v) is 11.2. The number of rotatable bonds is 9. The number of hydrogen-bond donors (Lipinski definition) is 1. The molecule has 2 aromatic rings. The minimum Gasteiger partial charge on any atom is -0.492 e. The molecule has 0 unspecified atom stereocenters. The van der Waals surface area contributed by atoms with Gasteiger partial charge in [-0.3, -0.25) is 9.69 Å². The Morgan fingerprint density at radius 1 is 1.00 bits per heavy atom. The summed E-state index contributed by atoms with van der Waals surface area (Å²) in [7, 11) is 0. The monoisotopic (exact) mass is 409 g/mol. The average molecular weight is 410 g/mol. The third-order valence-electron chi connectivity index (χ3n) is 6.03. The minimum atomic E-state index is -0.123. The maximum absolute atomic E-state index is 12.8. The maximum atomic E-state index is 12.8. The molecule has 1 aliphatic heterocycles. The summed E-state index contributed by atoms with van der Waals surface area (Å²) >= 11 is 0. The molecule has 5 heteroatoms. The average Bonchev–Trinajstić information content (AvgIpc) is 2.80. The van der Waals surface area contributed by atoms with Crippen LogP contribution in [0.5, 0.6) is 5.75 Å². The lowest BCUT2D eigenvalue weighted by molar-refractivity contribution is -0.126. The van der Waals surface area contributed by atoms with Gasteiger partial charge in [0.2, 0.25) is 5.91 Å². The van der Waals surface area contributed by atoms with Gasteiger partial charge in [-0.15, -0.1) is 0 Å². The smallest absolute Gasteiger partial charge is 0.237 e. The zero-order valence-corrected chi connectivity index (χ0v) is 18.5. The third-order valence-corrected chi connectivity index (χ3v) is 6.03. The summed E-state index contributed by atoms with van der Waals surface area (Å²) in [5.74, 6) is 1.41. The fourth-order valence-electron chi connectivity index (χ4n) is 4.11. The van der Waals surface area contributed by atoms with Gasteiger partial charge in [0, 0.05) is 38.6 Å². The van der Waals surface area contributed by atoms with Crippen LogP contribution in [-0.4, -0.2) is 56.2 Å². The molecule has 2 atom stereocenters. The lowest BCUT2D eigenvalue weighted by Crippen LogP contribution is -2.54. The third kappa shape index (κ3) is 5.54. The zero-order valence-electron chi connectivity index (χ0n) is 18.5. The molecule has 0 spiro atoms. The van der Waals surface area contributed by atoms with Crippen molar-refractivity contribution in [3.05, 3.63) is 60.2 Å². The van der Waals surface area contributed by atoms with E-state index < -0.39 is 0 Å². The Kier molecular flexibility index (Phi) is 8.14. The van der Waals surface area contributed by atoms with E-state index in [0.717, 1.165) is 44.0 Å². The number of hydrogen-bond acceptors (Lipinski definition) is 4. The molecule has 1 heterocycles. The van der Waals surface area contributed by atoms with Gasteiger partial charge in [-0.25, -0.2) is 0 Å². The van der Waals surface area contributed by atoms with Crippen molar-refractivity contribution in [1.82, 2.24) is 10.2 Å². The maximum Gasteiger partial charge on any atom is 0.237 e. The van der Waals surface area contributed by atoms with Crippen LogP contribution in [0.2, 0.25) is 0 Å². The minimum absolute atomic E-state index is 0.118. The van der Waals surface area contributed by atoms with Gasteiger partial charge in [0.1, 0.15) is 5.75 Å². The van der Waals surface area contributed by atoms with Gasteiger partial charge in [0.05, 0.1) is 18.3 Å². The van der Waals surface area contributed by atoms with Crippen molar-refractivity contribution in [3.63, 3.8) is 0 Å². The van der Waals surface area contributed by atoms with Crippen molar-refractivity contribution < 1.29 is 9.53 Å². The van der Waals surface area contributed by atoms with Gasteiger partial charge in [-0.2, -0.15) is 0 Å². The number of para-hydroxylation sites is 2. The van der Waals surface area contributed by atoms with Crippen molar-refractivity contribution in [2.45, 2.75) is 39.2 Å². The SMILES string of the molecule is CCOc1ccccc1N1CCN([C@@H](C)C(=O)NC[C@@H](CC)c2ccccc2)CC1. The number of amides is 1. The molecule has 1 aliphatic rings. The highest BCUT2D eigenvalue weighted by atomic mass is 16.5. The van der Waals surface area contributed by atoms with Crippen LogP contribution in [0.4, 0.5) is 5.69 Å². The number of benzene rings is 2. The van der Waals surface area contributed by atoms with Crippen molar-refractivity contribution in [1.29, 1.82) is 0 Å². The lowest BCUT2D eigenvalue weighted by Gasteiger charge is -2.39. The van der Waals surface area contributed by atoms with Crippen LogP contribution in [0.1, 0.15) is 38.7 Å². The largest absolute Gasteiger partial charge is 0.492 e. The summed E-state index contributed by atoms with van der Waals surface area (Å²) in [6, 6.07) is 18.5. The Balaban J connectivity index is 1.51. The van der Waals surface area contributed by atoms with Crippen LogP contribution >= 0.6 is 0 Å². The molecular weight excluding hydrogens is 374 g/mol. The molecule has 1 amide bonds. The van der Waals surface area contributed by atoms with Gasteiger partial charge in [0.15, 0.2) is 0 Å². The summed E-state index contributed by atoms with van der Waals surface area (Å²) < 4.78 is 5.78. The van der Waals surface area contributed by atoms with Crippen LogP contribution in [0.3, 0.4) is 0 Å². The van der Waals surface area contributed by atoms with Crippen molar-refractivity contribution in [3.8, 4) is 5.75 Å². The second kappa shape index (κ2) is 11.0. The van der Waals surface area contributed by atoms with Crippen LogP contribution in [0.15, 0.2) is 54.6 Å². The van der Waals surface area contributed by atoms with E-state index in [2.05, 4.69) is 58.4 Å². The van der Waals surface area contributed by atoms with Gasteiger partial charge in [-0.1, -0.05) is 49.4 Å². The van der Waals surface area contributed by atoms with E-state index in [1.165, 1.54) is 5.56 Å². The predicted octanol–water partition coefficient (Wildman–Crippen LogP) is 3.91. The number of carbonyl (C=O) groups excluding carboxylic acids is 1. The van der Waals surface area contributed by atoms with Crippen LogP contribution in [0.25, 0.3) is 0 Å². The number of ether oxygens (including phenoxy) is 1. The second-order valence-corrected chi connectivity index (χ2v) is 7.86. The van der Waals surface area contributed by atoms with E-state index in [9.17, 15) is 4.79 Å². The number of nitrogens with zero attached hydrogens (tertiary/aromatic N) is 2. The normalized spacial score (nSPS) is 16.7.